The number of methoxy groups -OCH3 is 1. The van der Waals surface area contributed by atoms with E-state index in [-0.39, 0.29) is 26.9 Å². The van der Waals surface area contributed by atoms with Gasteiger partial charge in [-0.15, -0.1) is 0 Å². The van der Waals surface area contributed by atoms with E-state index >= 15 is 0 Å². The zero-order valence-electron chi connectivity index (χ0n) is 29.9. The van der Waals surface area contributed by atoms with Crippen molar-refractivity contribution >= 4 is 45.2 Å². The van der Waals surface area contributed by atoms with Crippen LogP contribution in [0.3, 0.4) is 0 Å². The first-order chi connectivity index (χ1) is 23.8. The Morgan fingerprint density at radius 3 is 2.20 bits per heavy atom. The minimum atomic E-state index is -2.05. The highest BCUT2D eigenvalue weighted by Gasteiger charge is 2.52. The van der Waals surface area contributed by atoms with Gasteiger partial charge in [0.2, 0.25) is 11.6 Å². The molecule has 5 rings (SSSR count). The summed E-state index contributed by atoms with van der Waals surface area (Å²) < 4.78 is 22.8. The van der Waals surface area contributed by atoms with E-state index in [1.54, 1.807) is 39.8 Å². The summed E-state index contributed by atoms with van der Waals surface area (Å²) in [5, 5.41) is 36.2. The lowest BCUT2D eigenvalue weighted by Crippen LogP contribution is -2.46. The Hall–Kier alpha value is -4.11. The van der Waals surface area contributed by atoms with Crippen molar-refractivity contribution in [1.29, 1.82) is 0 Å². The van der Waals surface area contributed by atoms with Crippen LogP contribution in [-0.2, 0) is 23.8 Å². The Balaban J connectivity index is 1.86. The summed E-state index contributed by atoms with van der Waals surface area (Å²) in [6.45, 7) is 12.3. The van der Waals surface area contributed by atoms with Gasteiger partial charge in [-0.2, -0.15) is 0 Å². The molecule has 0 fully saturated rings. The van der Waals surface area contributed by atoms with Crippen molar-refractivity contribution in [2.24, 2.45) is 23.7 Å². The predicted octanol–water partition coefficient (Wildman–Crippen LogP) is 4.35. The minimum Gasteiger partial charge on any atom is -0.507 e. The number of benzene rings is 1. The van der Waals surface area contributed by atoms with Crippen molar-refractivity contribution in [2.75, 3.05) is 7.11 Å². The number of rotatable bonds is 2. The molecular formula is C37H44BrNO12. The molecule has 0 saturated carbocycles. The highest BCUT2D eigenvalue weighted by molar-refractivity contribution is 9.12. The molecule has 0 unspecified atom stereocenters. The predicted molar refractivity (Wildman–Crippen MR) is 187 cm³/mol. The Labute approximate surface area is 304 Å². The second-order valence-electron chi connectivity index (χ2n) is 13.5. The Morgan fingerprint density at radius 1 is 0.941 bits per heavy atom. The van der Waals surface area contributed by atoms with Crippen LogP contribution in [0.4, 0.5) is 0 Å². The number of phenolic OH excluding ortho intramolecular Hbond substituents is 1. The van der Waals surface area contributed by atoms with Crippen LogP contribution in [0.15, 0.2) is 46.3 Å². The van der Waals surface area contributed by atoms with Crippen molar-refractivity contribution in [1.82, 2.24) is 5.32 Å². The number of hydrogen-bond donors (Lipinski definition) is 4. The normalized spacial score (nSPS) is 34.2. The summed E-state index contributed by atoms with van der Waals surface area (Å²) >= 11 is 3.12. The summed E-state index contributed by atoms with van der Waals surface area (Å²) in [6.07, 6.45) is 3.37. The SMILES string of the molecule is CO[C@H]1/C=C\O[C@@]2(C)Oc3c(C)c(O)c4c(c3C2=O)C(=O)C(Br)=C(NC(=O)/C(C)=C\C=C/[C@H](C)[C@H](O)[C@@H](C)[C@@H](O)[C@@H](C)[C@H](OC(C)=O)[C@@H]1C)C4=O. The number of hydrogen-bond acceptors (Lipinski definition) is 12. The number of aliphatic hydroxyl groups excluding tert-OH is 2. The lowest BCUT2D eigenvalue weighted by atomic mass is 9.78. The van der Waals surface area contributed by atoms with Crippen molar-refractivity contribution in [2.45, 2.75) is 85.6 Å². The third-order valence-corrected chi connectivity index (χ3v) is 10.7. The van der Waals surface area contributed by atoms with E-state index in [1.807, 2.05) is 0 Å². The van der Waals surface area contributed by atoms with E-state index in [9.17, 15) is 39.3 Å². The Bertz CT molecular complexity index is 1780. The maximum Gasteiger partial charge on any atom is 0.312 e. The maximum atomic E-state index is 14.0. The number of carbonyl (C=O) groups is 5. The lowest BCUT2D eigenvalue weighted by molar-refractivity contribution is -0.160. The van der Waals surface area contributed by atoms with E-state index in [0.717, 1.165) is 6.26 Å². The number of Topliss-reactive ketones (excluding diaryl/α,β-unsaturated/α-hetero) is 3. The van der Waals surface area contributed by atoms with Crippen LogP contribution in [0.25, 0.3) is 0 Å². The Morgan fingerprint density at radius 2 is 1.59 bits per heavy atom. The molecule has 9 atom stereocenters. The van der Waals surface area contributed by atoms with Gasteiger partial charge in [-0.1, -0.05) is 45.9 Å². The van der Waals surface area contributed by atoms with Crippen molar-refractivity contribution in [3.63, 3.8) is 0 Å². The second kappa shape index (κ2) is 15.2. The Kier molecular flexibility index (Phi) is 11.9. The molecule has 4 aliphatic rings. The molecule has 1 amide bonds. The molecule has 0 radical (unpaired) electrons. The number of esters is 1. The molecule has 0 spiro atoms. The van der Waals surface area contributed by atoms with Crippen LogP contribution >= 0.6 is 15.9 Å². The summed E-state index contributed by atoms with van der Waals surface area (Å²) in [4.78, 5) is 67.0. The zero-order chi connectivity index (χ0) is 38.3. The van der Waals surface area contributed by atoms with Gasteiger partial charge < -0.3 is 39.6 Å². The molecule has 276 valence electrons. The van der Waals surface area contributed by atoms with E-state index < -0.39 is 106 Å². The van der Waals surface area contributed by atoms with Gasteiger partial charge in [-0.3, -0.25) is 24.0 Å². The molecule has 3 heterocycles. The average molecular weight is 775 g/mol. The van der Waals surface area contributed by atoms with Gasteiger partial charge in [-0.25, -0.2) is 0 Å². The molecule has 13 nitrogen and oxygen atoms in total. The molecule has 1 aromatic rings. The molecule has 4 N–H and O–H groups in total. The maximum absolute atomic E-state index is 14.0. The van der Waals surface area contributed by atoms with E-state index in [1.165, 1.54) is 47.0 Å². The average Bonchev–Trinajstić information content (AvgIpc) is 3.35. The second-order valence-corrected chi connectivity index (χ2v) is 14.3. The lowest BCUT2D eigenvalue weighted by Gasteiger charge is -2.38. The van der Waals surface area contributed by atoms with Crippen LogP contribution in [-0.4, -0.2) is 81.9 Å². The summed E-state index contributed by atoms with van der Waals surface area (Å²) in [7, 11) is 1.42. The molecule has 51 heavy (non-hydrogen) atoms. The van der Waals surface area contributed by atoms with Crippen molar-refractivity contribution < 1.29 is 58.2 Å². The number of amides is 1. The molecule has 0 saturated heterocycles. The number of fused-ring (bicyclic) bond motifs is 14. The number of ether oxygens (including phenoxy) is 4. The van der Waals surface area contributed by atoms with E-state index in [4.69, 9.17) is 18.9 Å². The van der Waals surface area contributed by atoms with Gasteiger partial charge in [0.15, 0.2) is 0 Å². The number of aliphatic hydroxyl groups is 2. The third kappa shape index (κ3) is 7.32. The van der Waals surface area contributed by atoms with Crippen LogP contribution in [0.1, 0.15) is 85.1 Å². The number of allylic oxidation sites excluding steroid dienone is 4. The quantitative estimate of drug-likeness (QED) is 0.311. The van der Waals surface area contributed by atoms with Crippen molar-refractivity contribution in [3.05, 3.63) is 68.6 Å². The molecule has 1 aromatic carbocycles. The smallest absolute Gasteiger partial charge is 0.312 e. The first kappa shape index (κ1) is 39.7. The van der Waals surface area contributed by atoms with Crippen LogP contribution in [0.5, 0.6) is 11.5 Å². The van der Waals surface area contributed by atoms with Gasteiger partial charge in [0.05, 0.1) is 45.7 Å². The number of carbonyl (C=O) groups excluding carboxylic acids is 5. The fourth-order valence-electron chi connectivity index (χ4n) is 6.66. The molecule has 5 bridgehead atoms. The van der Waals surface area contributed by atoms with Crippen LogP contribution in [0.2, 0.25) is 0 Å². The number of phenols is 1. The van der Waals surface area contributed by atoms with Crippen LogP contribution < -0.4 is 10.1 Å². The highest BCUT2D eigenvalue weighted by Crippen LogP contribution is 2.49. The zero-order valence-corrected chi connectivity index (χ0v) is 31.5. The van der Waals surface area contributed by atoms with Crippen molar-refractivity contribution in [3.8, 4) is 11.5 Å². The molecule has 14 heteroatoms. The fourth-order valence-corrected chi connectivity index (χ4v) is 7.13. The summed E-state index contributed by atoms with van der Waals surface area (Å²) in [6, 6.07) is 0. The van der Waals surface area contributed by atoms with Gasteiger partial charge >= 0.3 is 11.8 Å². The highest BCUT2D eigenvalue weighted by atomic mass is 79.9. The number of halogens is 1. The van der Waals surface area contributed by atoms with E-state index in [0.29, 0.717) is 0 Å². The van der Waals surface area contributed by atoms with Gasteiger partial charge in [0.25, 0.3) is 11.7 Å². The third-order valence-electron chi connectivity index (χ3n) is 9.90. The standard InChI is InChI=1S/C37H44BrNO12/c1-15-11-10-12-16(2)36(47)39-27-26(38)31(44)23-24(32(27)45)30(43)20(6)34-25(23)35(46)37(8,51-34)49-14-13-22(48-9)17(3)33(50-21(7)40)19(5)29(42)18(4)28(15)41/h10-15,17-19,22,28-29,33,41-43H,1-9H3,(H,39,47)/b11-10-,14-13-,16-12-/t15-,17+,18+,19+,22-,28-,29+,33+,37-/m0/s1. The number of aromatic hydroxyl groups is 1. The number of nitrogens with one attached hydrogen (secondary N) is 1. The molecule has 3 aliphatic heterocycles. The first-order valence-electron chi connectivity index (χ1n) is 16.5. The minimum absolute atomic E-state index is 0.00400. The van der Waals surface area contributed by atoms with E-state index in [2.05, 4.69) is 21.2 Å². The number of ketones is 3. The van der Waals surface area contributed by atoms with Gasteiger partial charge in [0, 0.05) is 55.8 Å². The first-order valence-corrected chi connectivity index (χ1v) is 17.3. The van der Waals surface area contributed by atoms with Crippen LogP contribution in [0, 0.1) is 30.6 Å². The molecule has 1 aliphatic carbocycles. The fraction of sp³-hybridized carbons (Fsp3) is 0.486. The molecular weight excluding hydrogens is 730 g/mol. The molecule has 0 aromatic heterocycles. The largest absolute Gasteiger partial charge is 0.507 e. The van der Waals surface area contributed by atoms with Gasteiger partial charge in [-0.05, 0) is 35.9 Å². The monoisotopic (exact) mass is 773 g/mol. The summed E-state index contributed by atoms with van der Waals surface area (Å²) in [5.74, 6) is -9.18. The summed E-state index contributed by atoms with van der Waals surface area (Å²) in [5.41, 5.74) is -1.45. The topological polar surface area (TPSA) is 195 Å². The van der Waals surface area contributed by atoms with Gasteiger partial charge in [0.1, 0.15) is 23.3 Å².